The molecule has 84 valence electrons. The summed E-state index contributed by atoms with van der Waals surface area (Å²) >= 11 is 0. The number of rotatable bonds is 7. The van der Waals surface area contributed by atoms with Crippen molar-refractivity contribution in [2.75, 3.05) is 33.4 Å². The van der Waals surface area contributed by atoms with Crippen molar-refractivity contribution >= 4 is 5.91 Å². The number of nitrogens with zero attached hydrogens (tertiary/aromatic N) is 1. The fourth-order valence-corrected chi connectivity index (χ4v) is 0.990. The number of hydrogen-bond acceptors (Lipinski definition) is 3. The highest BCUT2D eigenvalue weighted by molar-refractivity contribution is 5.77. The van der Waals surface area contributed by atoms with E-state index in [0.717, 1.165) is 0 Å². The van der Waals surface area contributed by atoms with E-state index in [0.29, 0.717) is 19.7 Å². The Kier molecular flexibility index (Phi) is 7.42. The maximum Gasteiger partial charge on any atom is 0.248 e. The molecule has 0 N–H and O–H groups in total. The number of carbonyl (C=O) groups excluding carboxylic acids is 1. The van der Waals surface area contributed by atoms with Crippen molar-refractivity contribution in [2.24, 2.45) is 0 Å². The molecule has 0 aliphatic rings. The maximum absolute atomic E-state index is 11.5. The van der Waals surface area contributed by atoms with Crippen LogP contribution in [0, 0.1) is 0 Å². The molecule has 4 heteroatoms. The average Bonchev–Trinajstić information content (AvgIpc) is 2.16. The first-order valence-electron chi connectivity index (χ1n) is 5.00. The fourth-order valence-electron chi connectivity index (χ4n) is 0.990. The van der Waals surface area contributed by atoms with Crippen LogP contribution in [0.4, 0.5) is 0 Å². The molecular formula is C10H21NO3. The summed E-state index contributed by atoms with van der Waals surface area (Å²) in [6.45, 7) is 7.84. The van der Waals surface area contributed by atoms with Gasteiger partial charge in [-0.3, -0.25) is 4.79 Å². The Hall–Kier alpha value is -0.610. The molecule has 0 aromatic carbocycles. The van der Waals surface area contributed by atoms with Crippen LogP contribution in [0.25, 0.3) is 0 Å². The molecule has 1 amide bonds. The maximum atomic E-state index is 11.5. The largest absolute Gasteiger partial charge is 0.383 e. The van der Waals surface area contributed by atoms with Crippen molar-refractivity contribution < 1.29 is 14.3 Å². The number of methoxy groups -OCH3 is 1. The summed E-state index contributed by atoms with van der Waals surface area (Å²) in [5.74, 6) is 0.0262. The van der Waals surface area contributed by atoms with E-state index in [1.807, 2.05) is 20.8 Å². The molecule has 14 heavy (non-hydrogen) atoms. The van der Waals surface area contributed by atoms with Gasteiger partial charge in [-0.2, -0.15) is 0 Å². The van der Waals surface area contributed by atoms with Gasteiger partial charge in [-0.25, -0.2) is 0 Å². The first-order valence-corrected chi connectivity index (χ1v) is 5.00. The Morgan fingerprint density at radius 2 is 2.07 bits per heavy atom. The van der Waals surface area contributed by atoms with Crippen LogP contribution in [-0.2, 0) is 14.3 Å². The zero-order valence-electron chi connectivity index (χ0n) is 9.58. The van der Waals surface area contributed by atoms with Crippen LogP contribution in [0.15, 0.2) is 0 Å². The van der Waals surface area contributed by atoms with Gasteiger partial charge in [0.2, 0.25) is 5.91 Å². The lowest BCUT2D eigenvalue weighted by Gasteiger charge is -2.20. The van der Waals surface area contributed by atoms with Crippen molar-refractivity contribution in [3.8, 4) is 0 Å². The molecule has 0 saturated carbocycles. The van der Waals surface area contributed by atoms with Gasteiger partial charge >= 0.3 is 0 Å². The molecule has 0 aliphatic heterocycles. The van der Waals surface area contributed by atoms with Crippen molar-refractivity contribution in [3.05, 3.63) is 0 Å². The van der Waals surface area contributed by atoms with Gasteiger partial charge in [0.1, 0.15) is 6.61 Å². The third-order valence-corrected chi connectivity index (χ3v) is 1.84. The van der Waals surface area contributed by atoms with Gasteiger partial charge in [-0.15, -0.1) is 0 Å². The predicted molar refractivity (Wildman–Crippen MR) is 55.2 cm³/mol. The molecule has 0 unspecified atom stereocenters. The molecule has 0 aromatic heterocycles. The van der Waals surface area contributed by atoms with Crippen molar-refractivity contribution in [1.82, 2.24) is 4.90 Å². The third-order valence-electron chi connectivity index (χ3n) is 1.84. The molecule has 0 atom stereocenters. The topological polar surface area (TPSA) is 38.8 Å². The minimum Gasteiger partial charge on any atom is -0.383 e. The van der Waals surface area contributed by atoms with Crippen LogP contribution < -0.4 is 0 Å². The Bertz CT molecular complexity index is 159. The van der Waals surface area contributed by atoms with Gasteiger partial charge in [0.25, 0.3) is 0 Å². The van der Waals surface area contributed by atoms with Gasteiger partial charge in [-0.05, 0) is 20.8 Å². The van der Waals surface area contributed by atoms with E-state index >= 15 is 0 Å². The Balaban J connectivity index is 3.79. The van der Waals surface area contributed by atoms with E-state index in [9.17, 15) is 4.79 Å². The van der Waals surface area contributed by atoms with Crippen LogP contribution in [0.1, 0.15) is 20.8 Å². The number of ether oxygens (including phenoxy) is 2. The van der Waals surface area contributed by atoms with Crippen LogP contribution in [0.5, 0.6) is 0 Å². The molecule has 0 heterocycles. The monoisotopic (exact) mass is 203 g/mol. The second-order valence-corrected chi connectivity index (χ2v) is 3.33. The summed E-state index contributed by atoms with van der Waals surface area (Å²) in [6.07, 6.45) is 0.0973. The molecule has 0 aliphatic carbocycles. The van der Waals surface area contributed by atoms with Crippen LogP contribution in [0.3, 0.4) is 0 Å². The van der Waals surface area contributed by atoms with E-state index in [1.165, 1.54) is 0 Å². The zero-order chi connectivity index (χ0) is 11.0. The van der Waals surface area contributed by atoms with E-state index in [1.54, 1.807) is 12.0 Å². The lowest BCUT2D eigenvalue weighted by molar-refractivity contribution is -0.138. The smallest absolute Gasteiger partial charge is 0.248 e. The molecule has 0 rings (SSSR count). The summed E-state index contributed by atoms with van der Waals surface area (Å²) in [5.41, 5.74) is 0. The molecule has 0 saturated heterocycles. The highest BCUT2D eigenvalue weighted by atomic mass is 16.5. The highest BCUT2D eigenvalue weighted by Crippen LogP contribution is 1.94. The zero-order valence-corrected chi connectivity index (χ0v) is 9.58. The van der Waals surface area contributed by atoms with Gasteiger partial charge in [0.15, 0.2) is 0 Å². The van der Waals surface area contributed by atoms with Gasteiger partial charge < -0.3 is 14.4 Å². The second kappa shape index (κ2) is 7.76. The normalized spacial score (nSPS) is 10.6. The Labute approximate surface area is 86.2 Å². The first kappa shape index (κ1) is 13.4. The SMILES string of the molecule is CCN(CCOC)C(=O)COC(C)C. The van der Waals surface area contributed by atoms with E-state index in [4.69, 9.17) is 9.47 Å². The van der Waals surface area contributed by atoms with Crippen molar-refractivity contribution in [1.29, 1.82) is 0 Å². The highest BCUT2D eigenvalue weighted by Gasteiger charge is 2.11. The third kappa shape index (κ3) is 5.94. The van der Waals surface area contributed by atoms with Gasteiger partial charge in [0, 0.05) is 20.2 Å². The fraction of sp³-hybridized carbons (Fsp3) is 0.900. The molecular weight excluding hydrogens is 182 g/mol. The number of amides is 1. The molecule has 0 fully saturated rings. The number of likely N-dealkylation sites (N-methyl/N-ethyl adjacent to an activating group) is 1. The average molecular weight is 203 g/mol. The summed E-state index contributed by atoms with van der Waals surface area (Å²) in [4.78, 5) is 13.3. The standard InChI is InChI=1S/C10H21NO3/c1-5-11(6-7-13-4)10(12)8-14-9(2)3/h9H,5-8H2,1-4H3. The second-order valence-electron chi connectivity index (χ2n) is 3.33. The van der Waals surface area contributed by atoms with Crippen LogP contribution >= 0.6 is 0 Å². The quantitative estimate of drug-likeness (QED) is 0.617. The van der Waals surface area contributed by atoms with Gasteiger partial charge in [0.05, 0.1) is 12.7 Å². The molecule has 4 nitrogen and oxygen atoms in total. The van der Waals surface area contributed by atoms with Crippen molar-refractivity contribution in [3.63, 3.8) is 0 Å². The predicted octanol–water partition coefficient (Wildman–Crippen LogP) is 0.906. The van der Waals surface area contributed by atoms with Crippen LogP contribution in [0.2, 0.25) is 0 Å². The Morgan fingerprint density at radius 3 is 2.50 bits per heavy atom. The lowest BCUT2D eigenvalue weighted by atomic mass is 10.4. The summed E-state index contributed by atoms with van der Waals surface area (Å²) in [5, 5.41) is 0. The summed E-state index contributed by atoms with van der Waals surface area (Å²) in [6, 6.07) is 0. The van der Waals surface area contributed by atoms with Crippen LogP contribution in [-0.4, -0.2) is 50.3 Å². The van der Waals surface area contributed by atoms with Crippen molar-refractivity contribution in [2.45, 2.75) is 26.9 Å². The van der Waals surface area contributed by atoms with E-state index in [2.05, 4.69) is 0 Å². The molecule has 0 spiro atoms. The first-order chi connectivity index (χ1) is 6.61. The summed E-state index contributed by atoms with van der Waals surface area (Å²) < 4.78 is 10.1. The minimum atomic E-state index is 0.0262. The van der Waals surface area contributed by atoms with Gasteiger partial charge in [-0.1, -0.05) is 0 Å². The Morgan fingerprint density at radius 1 is 1.43 bits per heavy atom. The molecule has 0 bridgehead atoms. The lowest BCUT2D eigenvalue weighted by Crippen LogP contribution is -2.36. The summed E-state index contributed by atoms with van der Waals surface area (Å²) in [7, 11) is 1.63. The molecule has 0 radical (unpaired) electrons. The molecule has 0 aromatic rings. The minimum absolute atomic E-state index is 0.0262. The number of hydrogen-bond donors (Lipinski definition) is 0. The van der Waals surface area contributed by atoms with E-state index in [-0.39, 0.29) is 18.6 Å². The number of carbonyl (C=O) groups is 1. The van der Waals surface area contributed by atoms with E-state index < -0.39 is 0 Å².